The van der Waals surface area contributed by atoms with Crippen molar-refractivity contribution in [2.75, 3.05) is 0 Å². The van der Waals surface area contributed by atoms with E-state index in [1.165, 1.54) is 0 Å². The molecule has 136 valence electrons. The molecule has 0 aliphatic rings. The van der Waals surface area contributed by atoms with Crippen molar-refractivity contribution < 1.29 is 0 Å². The number of rotatable bonds is 7. The summed E-state index contributed by atoms with van der Waals surface area (Å²) in [5.74, 6) is 0. The largest absolute Gasteiger partial charge is 0.323 e. The molecule has 0 saturated carbocycles. The van der Waals surface area contributed by atoms with Gasteiger partial charge < -0.3 is 4.57 Å². The third-order valence-corrected chi connectivity index (χ3v) is 5.26. The van der Waals surface area contributed by atoms with Gasteiger partial charge in [-0.05, 0) is 6.42 Å². The topological polar surface area (TPSA) is 48.5 Å². The standard InChI is InChI=1S/C21H21N5S/c1-3-10-26-12-17(11-23-26)21-20(16-8-6-5-7-9-16)22-15-25(21)13-19-24-18(4-2)14-27-19/h3,5-9,11-12,14-15H,1,4,10,13H2,2H3. The molecular formula is C21H21N5S. The second kappa shape index (κ2) is 7.72. The maximum absolute atomic E-state index is 4.72. The number of benzene rings is 1. The van der Waals surface area contributed by atoms with E-state index < -0.39 is 0 Å². The maximum atomic E-state index is 4.72. The number of allylic oxidation sites excluding steroid dienone is 1. The van der Waals surface area contributed by atoms with Gasteiger partial charge in [-0.1, -0.05) is 43.3 Å². The lowest BCUT2D eigenvalue weighted by Gasteiger charge is -2.07. The molecule has 4 aromatic rings. The Morgan fingerprint density at radius 2 is 2.04 bits per heavy atom. The van der Waals surface area contributed by atoms with Crippen LogP contribution in [0.4, 0.5) is 0 Å². The Morgan fingerprint density at radius 3 is 2.78 bits per heavy atom. The number of aromatic nitrogens is 5. The third kappa shape index (κ3) is 3.61. The highest BCUT2D eigenvalue weighted by molar-refractivity contribution is 7.09. The van der Waals surface area contributed by atoms with Gasteiger partial charge in [0.2, 0.25) is 0 Å². The lowest BCUT2D eigenvalue weighted by molar-refractivity contribution is 0.703. The Balaban J connectivity index is 1.78. The van der Waals surface area contributed by atoms with Crippen LogP contribution in [0.25, 0.3) is 22.5 Å². The molecule has 0 aliphatic heterocycles. The zero-order chi connectivity index (χ0) is 18.6. The number of hydrogen-bond donors (Lipinski definition) is 0. The number of aryl methyl sites for hydroxylation is 1. The molecule has 0 spiro atoms. The Kier molecular flexibility index (Phi) is 4.98. The fraction of sp³-hybridized carbons (Fsp3) is 0.190. The van der Waals surface area contributed by atoms with E-state index in [9.17, 15) is 0 Å². The molecule has 0 atom stereocenters. The molecule has 4 rings (SSSR count). The van der Waals surface area contributed by atoms with Gasteiger partial charge in [-0.25, -0.2) is 9.97 Å². The highest BCUT2D eigenvalue weighted by Crippen LogP contribution is 2.31. The monoisotopic (exact) mass is 375 g/mol. The van der Waals surface area contributed by atoms with E-state index in [1.807, 2.05) is 47.7 Å². The Morgan fingerprint density at radius 1 is 1.19 bits per heavy atom. The van der Waals surface area contributed by atoms with Crippen LogP contribution < -0.4 is 0 Å². The lowest BCUT2D eigenvalue weighted by atomic mass is 10.1. The van der Waals surface area contributed by atoms with E-state index in [0.29, 0.717) is 13.1 Å². The molecule has 27 heavy (non-hydrogen) atoms. The van der Waals surface area contributed by atoms with E-state index in [4.69, 9.17) is 9.97 Å². The average molecular weight is 376 g/mol. The van der Waals surface area contributed by atoms with Crippen LogP contribution >= 0.6 is 11.3 Å². The van der Waals surface area contributed by atoms with Crippen molar-refractivity contribution in [3.8, 4) is 22.5 Å². The first-order valence-electron chi connectivity index (χ1n) is 8.96. The average Bonchev–Trinajstić information content (AvgIpc) is 3.43. The van der Waals surface area contributed by atoms with E-state index in [0.717, 1.165) is 39.6 Å². The summed E-state index contributed by atoms with van der Waals surface area (Å²) in [6, 6.07) is 10.3. The zero-order valence-corrected chi connectivity index (χ0v) is 16.1. The van der Waals surface area contributed by atoms with Gasteiger partial charge in [0.1, 0.15) is 5.01 Å². The fourth-order valence-electron chi connectivity index (χ4n) is 3.06. The van der Waals surface area contributed by atoms with Gasteiger partial charge in [0, 0.05) is 22.7 Å². The van der Waals surface area contributed by atoms with Gasteiger partial charge in [0.05, 0.1) is 42.7 Å². The van der Waals surface area contributed by atoms with Crippen LogP contribution in [-0.2, 0) is 19.5 Å². The van der Waals surface area contributed by atoms with Gasteiger partial charge >= 0.3 is 0 Å². The molecule has 0 aliphatic carbocycles. The number of thiazole rings is 1. The number of hydrogen-bond acceptors (Lipinski definition) is 4. The molecular weight excluding hydrogens is 354 g/mol. The lowest BCUT2D eigenvalue weighted by Crippen LogP contribution is -2.01. The van der Waals surface area contributed by atoms with E-state index in [1.54, 1.807) is 11.3 Å². The molecule has 3 aromatic heterocycles. The van der Waals surface area contributed by atoms with Crippen LogP contribution in [0.5, 0.6) is 0 Å². The smallest absolute Gasteiger partial charge is 0.113 e. The summed E-state index contributed by atoms with van der Waals surface area (Å²) in [7, 11) is 0. The fourth-order valence-corrected chi connectivity index (χ4v) is 3.93. The third-order valence-electron chi connectivity index (χ3n) is 4.37. The van der Waals surface area contributed by atoms with Crippen LogP contribution in [0.3, 0.4) is 0 Å². The van der Waals surface area contributed by atoms with Crippen LogP contribution in [0.15, 0.2) is 67.1 Å². The van der Waals surface area contributed by atoms with Gasteiger partial charge in [-0.3, -0.25) is 4.68 Å². The predicted octanol–water partition coefficient (Wildman–Crippen LogP) is 4.67. The zero-order valence-electron chi connectivity index (χ0n) is 15.2. The molecule has 6 heteroatoms. The maximum Gasteiger partial charge on any atom is 0.113 e. The van der Waals surface area contributed by atoms with Crippen LogP contribution in [0, 0.1) is 0 Å². The first kappa shape index (κ1) is 17.4. The van der Waals surface area contributed by atoms with Crippen molar-refractivity contribution in [3.05, 3.63) is 77.8 Å². The second-order valence-corrected chi connectivity index (χ2v) is 7.20. The van der Waals surface area contributed by atoms with Crippen LogP contribution in [0.2, 0.25) is 0 Å². The Bertz CT molecular complexity index is 1040. The van der Waals surface area contributed by atoms with Crippen molar-refractivity contribution in [2.45, 2.75) is 26.4 Å². The van der Waals surface area contributed by atoms with Gasteiger partial charge in [0.25, 0.3) is 0 Å². The van der Waals surface area contributed by atoms with Crippen molar-refractivity contribution in [3.63, 3.8) is 0 Å². The summed E-state index contributed by atoms with van der Waals surface area (Å²) in [5.41, 5.74) is 5.29. The minimum atomic E-state index is 0.682. The molecule has 0 radical (unpaired) electrons. The molecule has 1 aromatic carbocycles. The quantitative estimate of drug-likeness (QED) is 0.441. The Hall–Kier alpha value is -2.99. The molecule has 5 nitrogen and oxygen atoms in total. The summed E-state index contributed by atoms with van der Waals surface area (Å²) in [6.45, 7) is 7.30. The van der Waals surface area contributed by atoms with E-state index >= 15 is 0 Å². The molecule has 0 bridgehead atoms. The van der Waals surface area contributed by atoms with Crippen molar-refractivity contribution >= 4 is 11.3 Å². The molecule has 0 fully saturated rings. The van der Waals surface area contributed by atoms with E-state index in [2.05, 4.69) is 40.7 Å². The van der Waals surface area contributed by atoms with Crippen molar-refractivity contribution in [1.29, 1.82) is 0 Å². The Labute approximate surface area is 162 Å². The second-order valence-electron chi connectivity index (χ2n) is 6.26. The van der Waals surface area contributed by atoms with Crippen molar-refractivity contribution in [2.24, 2.45) is 0 Å². The van der Waals surface area contributed by atoms with Gasteiger partial charge in [-0.15, -0.1) is 17.9 Å². The van der Waals surface area contributed by atoms with Gasteiger partial charge in [-0.2, -0.15) is 5.10 Å². The molecule has 0 unspecified atom stereocenters. The van der Waals surface area contributed by atoms with Crippen LogP contribution in [0.1, 0.15) is 17.6 Å². The summed E-state index contributed by atoms with van der Waals surface area (Å²) in [6.07, 6.45) is 8.63. The van der Waals surface area contributed by atoms with Crippen molar-refractivity contribution in [1.82, 2.24) is 24.3 Å². The first-order valence-corrected chi connectivity index (χ1v) is 9.84. The summed E-state index contributed by atoms with van der Waals surface area (Å²) in [5, 5.41) is 7.67. The molecule has 0 saturated heterocycles. The highest BCUT2D eigenvalue weighted by atomic mass is 32.1. The normalized spacial score (nSPS) is 11.0. The van der Waals surface area contributed by atoms with Gasteiger partial charge in [0.15, 0.2) is 0 Å². The highest BCUT2D eigenvalue weighted by Gasteiger charge is 2.17. The van der Waals surface area contributed by atoms with Crippen LogP contribution in [-0.4, -0.2) is 24.3 Å². The predicted molar refractivity (Wildman–Crippen MR) is 110 cm³/mol. The summed E-state index contributed by atoms with van der Waals surface area (Å²) < 4.78 is 4.04. The number of imidazole rings is 1. The molecule has 0 N–H and O–H groups in total. The first-order chi connectivity index (χ1) is 13.3. The number of nitrogens with zero attached hydrogens (tertiary/aromatic N) is 5. The van der Waals surface area contributed by atoms with E-state index in [-0.39, 0.29) is 0 Å². The summed E-state index contributed by atoms with van der Waals surface area (Å²) in [4.78, 5) is 9.44. The molecule has 3 heterocycles. The minimum absolute atomic E-state index is 0.682. The SMILES string of the molecule is C=CCn1cc(-c2c(-c3ccccc3)ncn2Cc2nc(CC)cs2)cn1. The molecule has 0 amide bonds. The summed E-state index contributed by atoms with van der Waals surface area (Å²) >= 11 is 1.70. The minimum Gasteiger partial charge on any atom is -0.323 e.